The molecule has 0 bridgehead atoms. The smallest absolute Gasteiger partial charge is 0.266 e. The van der Waals surface area contributed by atoms with Crippen LogP contribution in [0, 0.1) is 11.3 Å². The summed E-state index contributed by atoms with van der Waals surface area (Å²) < 4.78 is 7.84. The van der Waals surface area contributed by atoms with Gasteiger partial charge in [-0.3, -0.25) is 4.79 Å². The fraction of sp³-hybridized carbons (Fsp3) is 0.0667. The molecule has 0 aliphatic carbocycles. The van der Waals surface area contributed by atoms with Gasteiger partial charge in [0.1, 0.15) is 24.0 Å². The van der Waals surface area contributed by atoms with Crippen molar-refractivity contribution in [2.24, 2.45) is 0 Å². The fourth-order valence-corrected chi connectivity index (χ4v) is 4.91. The molecule has 0 atom stereocenters. The van der Waals surface area contributed by atoms with Gasteiger partial charge in [-0.05, 0) is 86.2 Å². The molecule has 0 saturated carbocycles. The maximum absolute atomic E-state index is 12.7. The summed E-state index contributed by atoms with van der Waals surface area (Å²) in [4.78, 5) is 12.7. The quantitative estimate of drug-likeness (QED) is 0.126. The molecule has 0 aromatic heterocycles. The highest BCUT2D eigenvalue weighted by Gasteiger charge is 2.14. The first kappa shape index (κ1) is 25.4. The third-order valence-electron chi connectivity index (χ3n) is 5.52. The average Bonchev–Trinajstić information content (AvgIpc) is 2.87. The first-order valence-corrected chi connectivity index (χ1v) is 12.8. The molecule has 0 fully saturated rings. The number of fused-ring (bicyclic) bond motifs is 1. The number of amides is 1. The van der Waals surface area contributed by atoms with Crippen molar-refractivity contribution in [3.63, 3.8) is 0 Å². The molecule has 178 valence electrons. The summed E-state index contributed by atoms with van der Waals surface area (Å²) in [5, 5.41) is 14.7. The van der Waals surface area contributed by atoms with Crippen LogP contribution in [0.25, 0.3) is 16.8 Å². The van der Waals surface area contributed by atoms with Crippen LogP contribution < -0.4 is 10.1 Å². The number of hydrogen-bond donors (Lipinski definition) is 1. The van der Waals surface area contributed by atoms with Gasteiger partial charge in [-0.25, -0.2) is 0 Å². The van der Waals surface area contributed by atoms with Gasteiger partial charge in [0.25, 0.3) is 5.91 Å². The SMILES string of the molecule is C=CCc1cc(/C=C(/C#N)C(=O)Nc2cccc(Br)c2)cc(Br)c1OCc1cccc2ccccc12. The van der Waals surface area contributed by atoms with Crippen molar-refractivity contribution >= 4 is 60.3 Å². The van der Waals surface area contributed by atoms with Crippen molar-refractivity contribution in [1.82, 2.24) is 0 Å². The van der Waals surface area contributed by atoms with Crippen LogP contribution in [0.2, 0.25) is 0 Å². The van der Waals surface area contributed by atoms with E-state index in [-0.39, 0.29) is 5.57 Å². The molecule has 4 aromatic rings. The fourth-order valence-electron chi connectivity index (χ4n) is 3.87. The molecule has 4 rings (SSSR count). The summed E-state index contributed by atoms with van der Waals surface area (Å²) in [5.41, 5.74) is 3.29. The summed E-state index contributed by atoms with van der Waals surface area (Å²) in [7, 11) is 0. The molecule has 0 radical (unpaired) electrons. The Morgan fingerprint density at radius 1 is 1.00 bits per heavy atom. The molecule has 1 amide bonds. The van der Waals surface area contributed by atoms with Gasteiger partial charge < -0.3 is 10.1 Å². The maximum atomic E-state index is 12.7. The summed E-state index contributed by atoms with van der Waals surface area (Å²) >= 11 is 7.01. The average molecular weight is 602 g/mol. The number of anilines is 1. The van der Waals surface area contributed by atoms with E-state index in [9.17, 15) is 10.1 Å². The lowest BCUT2D eigenvalue weighted by atomic mass is 10.0. The molecule has 0 aliphatic rings. The Labute approximate surface area is 227 Å². The highest BCUT2D eigenvalue weighted by Crippen LogP contribution is 2.34. The van der Waals surface area contributed by atoms with Gasteiger partial charge in [0.2, 0.25) is 0 Å². The van der Waals surface area contributed by atoms with E-state index in [1.165, 1.54) is 0 Å². The molecule has 0 aliphatic heterocycles. The summed E-state index contributed by atoms with van der Waals surface area (Å²) in [5.74, 6) is 0.227. The zero-order valence-electron chi connectivity index (χ0n) is 19.3. The third-order valence-corrected chi connectivity index (χ3v) is 6.60. The number of carbonyl (C=O) groups excluding carboxylic acids is 1. The standard InChI is InChI=1S/C30H22Br2N2O2/c1-2-7-22-14-20(15-24(18-33)30(35)34-26-12-6-11-25(31)17-26)16-28(32)29(22)36-19-23-10-5-9-21-8-3-4-13-27(21)23/h2-6,8-17H,1,7,19H2,(H,34,35)/b24-15-. The Hall–Kier alpha value is -3.66. The summed E-state index contributed by atoms with van der Waals surface area (Å²) in [6.45, 7) is 4.27. The Morgan fingerprint density at radius 3 is 2.56 bits per heavy atom. The summed E-state index contributed by atoms with van der Waals surface area (Å²) in [6, 6.07) is 27.3. The number of nitrogens with one attached hydrogen (secondary N) is 1. The largest absolute Gasteiger partial charge is 0.487 e. The number of benzene rings is 4. The Balaban J connectivity index is 1.60. The molecule has 4 nitrogen and oxygen atoms in total. The van der Waals surface area contributed by atoms with E-state index in [1.807, 2.05) is 48.5 Å². The summed E-state index contributed by atoms with van der Waals surface area (Å²) in [6.07, 6.45) is 3.93. The van der Waals surface area contributed by atoms with E-state index in [2.05, 4.69) is 68.0 Å². The van der Waals surface area contributed by atoms with E-state index in [4.69, 9.17) is 4.74 Å². The first-order valence-electron chi connectivity index (χ1n) is 11.2. The zero-order chi connectivity index (χ0) is 25.5. The van der Waals surface area contributed by atoms with Crippen molar-refractivity contribution in [3.8, 4) is 11.8 Å². The maximum Gasteiger partial charge on any atom is 0.266 e. The lowest BCUT2D eigenvalue weighted by Crippen LogP contribution is -2.13. The van der Waals surface area contributed by atoms with E-state index in [1.54, 1.807) is 24.3 Å². The predicted molar refractivity (Wildman–Crippen MR) is 153 cm³/mol. The normalized spacial score (nSPS) is 11.1. The monoisotopic (exact) mass is 600 g/mol. The molecule has 36 heavy (non-hydrogen) atoms. The van der Waals surface area contributed by atoms with Gasteiger partial charge >= 0.3 is 0 Å². The number of ether oxygens (including phenoxy) is 1. The van der Waals surface area contributed by atoms with Gasteiger partial charge in [-0.1, -0.05) is 70.5 Å². The van der Waals surface area contributed by atoms with Gasteiger partial charge in [-0.15, -0.1) is 6.58 Å². The Bertz CT molecular complexity index is 1510. The highest BCUT2D eigenvalue weighted by molar-refractivity contribution is 9.10. The Morgan fingerprint density at radius 2 is 1.78 bits per heavy atom. The van der Waals surface area contributed by atoms with Crippen LogP contribution in [0.3, 0.4) is 0 Å². The number of nitriles is 1. The topological polar surface area (TPSA) is 62.1 Å². The Kier molecular flexibility index (Phi) is 8.37. The van der Waals surface area contributed by atoms with Crippen molar-refractivity contribution in [2.75, 3.05) is 5.32 Å². The third kappa shape index (κ3) is 6.12. The molecule has 4 aromatic carbocycles. The van der Waals surface area contributed by atoms with Crippen LogP contribution in [-0.2, 0) is 17.8 Å². The van der Waals surface area contributed by atoms with Crippen LogP contribution in [0.1, 0.15) is 16.7 Å². The molecule has 6 heteroatoms. The second-order valence-electron chi connectivity index (χ2n) is 8.05. The van der Waals surface area contributed by atoms with E-state index >= 15 is 0 Å². The van der Waals surface area contributed by atoms with Crippen molar-refractivity contribution in [2.45, 2.75) is 13.0 Å². The van der Waals surface area contributed by atoms with Crippen LogP contribution in [0.15, 0.2) is 106 Å². The van der Waals surface area contributed by atoms with Crippen LogP contribution in [-0.4, -0.2) is 5.91 Å². The minimum atomic E-state index is -0.478. The van der Waals surface area contributed by atoms with E-state index < -0.39 is 5.91 Å². The second-order valence-corrected chi connectivity index (χ2v) is 9.82. The van der Waals surface area contributed by atoms with Crippen molar-refractivity contribution in [3.05, 3.63) is 123 Å². The predicted octanol–water partition coefficient (Wildman–Crippen LogP) is 8.22. The van der Waals surface area contributed by atoms with Gasteiger partial charge in [0.15, 0.2) is 0 Å². The highest BCUT2D eigenvalue weighted by atomic mass is 79.9. The molecular weight excluding hydrogens is 580 g/mol. The number of halogens is 2. The number of carbonyl (C=O) groups is 1. The lowest BCUT2D eigenvalue weighted by molar-refractivity contribution is -0.112. The van der Waals surface area contributed by atoms with Gasteiger partial charge in [0, 0.05) is 10.2 Å². The minimum absolute atomic E-state index is 0.00384. The number of hydrogen-bond acceptors (Lipinski definition) is 3. The van der Waals surface area contributed by atoms with E-state index in [0.717, 1.165) is 30.8 Å². The number of nitrogens with zero attached hydrogens (tertiary/aromatic N) is 1. The van der Waals surface area contributed by atoms with Crippen molar-refractivity contribution in [1.29, 1.82) is 5.26 Å². The zero-order valence-corrected chi connectivity index (χ0v) is 22.5. The minimum Gasteiger partial charge on any atom is -0.487 e. The molecule has 0 unspecified atom stereocenters. The number of allylic oxidation sites excluding steroid dienone is 1. The molecular formula is C30H22Br2N2O2. The van der Waals surface area contributed by atoms with Crippen LogP contribution in [0.4, 0.5) is 5.69 Å². The second kappa shape index (κ2) is 11.9. The van der Waals surface area contributed by atoms with Crippen LogP contribution in [0.5, 0.6) is 5.75 Å². The molecule has 0 heterocycles. The molecule has 0 saturated heterocycles. The van der Waals surface area contributed by atoms with Gasteiger partial charge in [-0.2, -0.15) is 5.26 Å². The van der Waals surface area contributed by atoms with E-state index in [0.29, 0.717) is 30.0 Å². The first-order chi connectivity index (χ1) is 17.5. The molecule has 1 N–H and O–H groups in total. The van der Waals surface area contributed by atoms with Crippen LogP contribution >= 0.6 is 31.9 Å². The molecule has 0 spiro atoms. The number of rotatable bonds is 8. The lowest BCUT2D eigenvalue weighted by Gasteiger charge is -2.15. The van der Waals surface area contributed by atoms with Crippen molar-refractivity contribution < 1.29 is 9.53 Å². The van der Waals surface area contributed by atoms with Gasteiger partial charge in [0.05, 0.1) is 4.47 Å².